The first kappa shape index (κ1) is 6.66. The Kier molecular flexibility index (Phi) is 1.48. The average molecular weight is 139 g/mol. The summed E-state index contributed by atoms with van der Waals surface area (Å²) in [4.78, 5) is 0. The lowest BCUT2D eigenvalue weighted by molar-refractivity contribution is 0.316. The van der Waals surface area contributed by atoms with Gasteiger partial charge in [-0.2, -0.15) is 0 Å². The van der Waals surface area contributed by atoms with Gasteiger partial charge in [0.1, 0.15) is 0 Å². The zero-order valence-electron chi connectivity index (χ0n) is 6.82. The van der Waals surface area contributed by atoms with Crippen molar-refractivity contribution < 1.29 is 0 Å². The van der Waals surface area contributed by atoms with Crippen LogP contribution in [0.3, 0.4) is 0 Å². The molecule has 0 aromatic rings. The molecule has 0 amide bonds. The van der Waals surface area contributed by atoms with E-state index in [2.05, 4.69) is 12.2 Å². The highest BCUT2D eigenvalue weighted by molar-refractivity contribution is 4.92. The molecular weight excluding hydrogens is 122 g/mol. The van der Waals surface area contributed by atoms with E-state index < -0.39 is 0 Å². The van der Waals surface area contributed by atoms with Crippen LogP contribution in [0.2, 0.25) is 0 Å². The molecule has 2 rings (SSSR count). The molecule has 0 aliphatic heterocycles. The van der Waals surface area contributed by atoms with Gasteiger partial charge in [-0.1, -0.05) is 13.3 Å². The Morgan fingerprint density at radius 3 is 2.50 bits per heavy atom. The van der Waals surface area contributed by atoms with Gasteiger partial charge in [0.15, 0.2) is 0 Å². The Labute approximate surface area is 63.2 Å². The van der Waals surface area contributed by atoms with Gasteiger partial charge < -0.3 is 5.32 Å². The van der Waals surface area contributed by atoms with E-state index in [4.69, 9.17) is 0 Å². The summed E-state index contributed by atoms with van der Waals surface area (Å²) in [5.41, 5.74) is 0.704. The predicted molar refractivity (Wildman–Crippen MR) is 43.0 cm³/mol. The summed E-state index contributed by atoms with van der Waals surface area (Å²) in [6.45, 7) is 3.66. The van der Waals surface area contributed by atoms with Crippen LogP contribution in [-0.2, 0) is 0 Å². The molecule has 0 saturated heterocycles. The van der Waals surface area contributed by atoms with Gasteiger partial charge in [-0.05, 0) is 31.1 Å². The summed E-state index contributed by atoms with van der Waals surface area (Å²) in [6, 6.07) is 0.887. The lowest BCUT2D eigenvalue weighted by Gasteiger charge is -2.27. The second kappa shape index (κ2) is 2.23. The quantitative estimate of drug-likeness (QED) is 0.630. The summed E-state index contributed by atoms with van der Waals surface area (Å²) < 4.78 is 0. The summed E-state index contributed by atoms with van der Waals surface area (Å²) in [7, 11) is 0. The Bertz CT molecular complexity index is 123. The van der Waals surface area contributed by atoms with Gasteiger partial charge in [0, 0.05) is 12.6 Å². The van der Waals surface area contributed by atoms with E-state index in [1.807, 2.05) is 0 Å². The number of rotatable bonds is 3. The van der Waals surface area contributed by atoms with Crippen molar-refractivity contribution in [3.8, 4) is 0 Å². The predicted octanol–water partition coefficient (Wildman–Crippen LogP) is 1.93. The first-order valence-electron chi connectivity index (χ1n) is 4.52. The Balaban J connectivity index is 1.63. The molecule has 0 bridgehead atoms. The fraction of sp³-hybridized carbons (Fsp3) is 1.00. The molecule has 1 N–H and O–H groups in total. The monoisotopic (exact) mass is 139 g/mol. The summed E-state index contributed by atoms with van der Waals surface area (Å²) >= 11 is 0. The Hall–Kier alpha value is -0.0400. The average Bonchev–Trinajstić information content (AvgIpc) is 2.44. The minimum atomic E-state index is 0.704. The molecule has 0 spiro atoms. The van der Waals surface area contributed by atoms with Crippen molar-refractivity contribution in [2.75, 3.05) is 6.54 Å². The molecule has 58 valence electrons. The molecule has 2 saturated carbocycles. The zero-order chi connectivity index (χ0) is 7.03. The first-order valence-corrected chi connectivity index (χ1v) is 4.52. The van der Waals surface area contributed by atoms with Gasteiger partial charge in [0.25, 0.3) is 0 Å². The van der Waals surface area contributed by atoms with Crippen LogP contribution in [0.1, 0.15) is 39.0 Å². The largest absolute Gasteiger partial charge is 0.313 e. The van der Waals surface area contributed by atoms with E-state index in [-0.39, 0.29) is 0 Å². The second-order valence-electron chi connectivity index (χ2n) is 4.32. The summed E-state index contributed by atoms with van der Waals surface area (Å²) in [5.74, 6) is 0. The highest BCUT2D eigenvalue weighted by Gasteiger charge is 2.37. The molecule has 0 heterocycles. The standard InChI is InChI=1S/C9H17N/c1-9(5-6-9)7-10-8-3-2-4-8/h8,10H,2-7H2,1H3. The maximum atomic E-state index is 3.62. The lowest BCUT2D eigenvalue weighted by Crippen LogP contribution is -2.38. The molecule has 2 aliphatic rings. The third-order valence-corrected chi connectivity index (χ3v) is 3.03. The third-order valence-electron chi connectivity index (χ3n) is 3.03. The van der Waals surface area contributed by atoms with Gasteiger partial charge in [0.2, 0.25) is 0 Å². The minimum absolute atomic E-state index is 0.704. The van der Waals surface area contributed by atoms with E-state index >= 15 is 0 Å². The molecule has 0 aromatic heterocycles. The zero-order valence-corrected chi connectivity index (χ0v) is 6.82. The van der Waals surface area contributed by atoms with Crippen LogP contribution < -0.4 is 5.32 Å². The van der Waals surface area contributed by atoms with Crippen LogP contribution in [0.25, 0.3) is 0 Å². The number of hydrogen-bond donors (Lipinski definition) is 1. The molecule has 0 radical (unpaired) electrons. The van der Waals surface area contributed by atoms with Gasteiger partial charge in [-0.15, -0.1) is 0 Å². The summed E-state index contributed by atoms with van der Waals surface area (Å²) in [5, 5.41) is 3.62. The van der Waals surface area contributed by atoms with E-state index in [9.17, 15) is 0 Å². The normalized spacial score (nSPS) is 29.7. The highest BCUT2D eigenvalue weighted by atomic mass is 14.9. The number of nitrogens with one attached hydrogen (secondary N) is 1. The van der Waals surface area contributed by atoms with E-state index in [1.165, 1.54) is 38.6 Å². The highest BCUT2D eigenvalue weighted by Crippen LogP contribution is 2.44. The van der Waals surface area contributed by atoms with E-state index in [0.717, 1.165) is 6.04 Å². The van der Waals surface area contributed by atoms with Crippen molar-refractivity contribution in [2.24, 2.45) is 5.41 Å². The van der Waals surface area contributed by atoms with E-state index in [0.29, 0.717) is 5.41 Å². The fourth-order valence-corrected chi connectivity index (χ4v) is 1.39. The Morgan fingerprint density at radius 2 is 2.10 bits per heavy atom. The van der Waals surface area contributed by atoms with Crippen molar-refractivity contribution in [2.45, 2.75) is 45.1 Å². The second-order valence-corrected chi connectivity index (χ2v) is 4.32. The third kappa shape index (κ3) is 1.34. The Morgan fingerprint density at radius 1 is 1.40 bits per heavy atom. The maximum absolute atomic E-state index is 3.62. The van der Waals surface area contributed by atoms with Crippen molar-refractivity contribution in [1.29, 1.82) is 0 Å². The lowest BCUT2D eigenvalue weighted by atomic mass is 9.92. The number of hydrogen-bond acceptors (Lipinski definition) is 1. The molecule has 10 heavy (non-hydrogen) atoms. The topological polar surface area (TPSA) is 12.0 Å². The van der Waals surface area contributed by atoms with Crippen molar-refractivity contribution in [1.82, 2.24) is 5.32 Å². The maximum Gasteiger partial charge on any atom is 0.00673 e. The van der Waals surface area contributed by atoms with Crippen LogP contribution in [0.4, 0.5) is 0 Å². The van der Waals surface area contributed by atoms with Crippen LogP contribution >= 0.6 is 0 Å². The van der Waals surface area contributed by atoms with Crippen molar-refractivity contribution in [3.05, 3.63) is 0 Å². The fourth-order valence-electron chi connectivity index (χ4n) is 1.39. The first-order chi connectivity index (χ1) is 4.79. The SMILES string of the molecule is CC1(CNC2CCC2)CC1. The van der Waals surface area contributed by atoms with Crippen LogP contribution in [0.15, 0.2) is 0 Å². The molecule has 0 unspecified atom stereocenters. The summed E-state index contributed by atoms with van der Waals surface area (Å²) in [6.07, 6.45) is 7.21. The molecule has 0 aromatic carbocycles. The van der Waals surface area contributed by atoms with Crippen LogP contribution in [-0.4, -0.2) is 12.6 Å². The van der Waals surface area contributed by atoms with Gasteiger partial charge in [-0.25, -0.2) is 0 Å². The smallest absolute Gasteiger partial charge is 0.00673 e. The molecular formula is C9H17N. The van der Waals surface area contributed by atoms with Crippen molar-refractivity contribution in [3.63, 3.8) is 0 Å². The van der Waals surface area contributed by atoms with Crippen molar-refractivity contribution >= 4 is 0 Å². The molecule has 2 fully saturated rings. The van der Waals surface area contributed by atoms with Gasteiger partial charge >= 0.3 is 0 Å². The van der Waals surface area contributed by atoms with Crippen LogP contribution in [0, 0.1) is 5.41 Å². The van der Waals surface area contributed by atoms with Gasteiger partial charge in [-0.3, -0.25) is 0 Å². The van der Waals surface area contributed by atoms with Crippen LogP contribution in [0.5, 0.6) is 0 Å². The van der Waals surface area contributed by atoms with E-state index in [1.54, 1.807) is 0 Å². The molecule has 1 heteroatoms. The molecule has 0 atom stereocenters. The molecule has 1 nitrogen and oxygen atoms in total. The van der Waals surface area contributed by atoms with Gasteiger partial charge in [0.05, 0.1) is 0 Å². The molecule has 2 aliphatic carbocycles. The minimum Gasteiger partial charge on any atom is -0.313 e.